The molecule has 0 aliphatic heterocycles. The van der Waals surface area contributed by atoms with Gasteiger partial charge in [0.05, 0.1) is 7.11 Å². The summed E-state index contributed by atoms with van der Waals surface area (Å²) in [6.45, 7) is 3.14. The molecule has 1 amide bonds. The van der Waals surface area contributed by atoms with Crippen LogP contribution in [0.2, 0.25) is 0 Å². The Morgan fingerprint density at radius 2 is 1.87 bits per heavy atom. The molecule has 0 aliphatic carbocycles. The van der Waals surface area contributed by atoms with Crippen molar-refractivity contribution < 1.29 is 9.53 Å². The average molecular weight is 313 g/mol. The van der Waals surface area contributed by atoms with Crippen molar-refractivity contribution in [3.05, 3.63) is 53.7 Å². The third-order valence-electron chi connectivity index (χ3n) is 3.69. The Morgan fingerprint density at radius 1 is 1.17 bits per heavy atom. The molecule has 2 aromatic rings. The van der Waals surface area contributed by atoms with Gasteiger partial charge in [0.2, 0.25) is 5.88 Å². The molecule has 1 aromatic heterocycles. The van der Waals surface area contributed by atoms with Crippen molar-refractivity contribution in [3.63, 3.8) is 0 Å². The highest BCUT2D eigenvalue weighted by molar-refractivity contribution is 5.96. The first-order valence-electron chi connectivity index (χ1n) is 7.61. The van der Waals surface area contributed by atoms with E-state index >= 15 is 0 Å². The molecular formula is C18H23N3O2. The van der Waals surface area contributed by atoms with E-state index in [9.17, 15) is 4.79 Å². The number of hydrogen-bond donors (Lipinski definition) is 0. The Labute approximate surface area is 137 Å². The van der Waals surface area contributed by atoms with Gasteiger partial charge in [0, 0.05) is 39.1 Å². The van der Waals surface area contributed by atoms with Gasteiger partial charge in [-0.25, -0.2) is 4.98 Å². The first kappa shape index (κ1) is 16.8. The van der Waals surface area contributed by atoms with Crippen molar-refractivity contribution >= 4 is 11.6 Å². The lowest BCUT2D eigenvalue weighted by Crippen LogP contribution is -2.30. The summed E-state index contributed by atoms with van der Waals surface area (Å²) in [6.07, 6.45) is 1.62. The molecule has 0 fully saturated rings. The van der Waals surface area contributed by atoms with E-state index in [1.807, 2.05) is 38.1 Å². The molecule has 0 spiro atoms. The van der Waals surface area contributed by atoms with Gasteiger partial charge >= 0.3 is 0 Å². The number of carbonyl (C=O) groups is 1. The SMILES string of the molecule is CCN(Cc1ccc(N(C)C)cc1)C(=O)c1cccnc1OC. The average Bonchev–Trinajstić information content (AvgIpc) is 2.59. The number of nitrogens with zero attached hydrogens (tertiary/aromatic N) is 3. The summed E-state index contributed by atoms with van der Waals surface area (Å²) in [7, 11) is 5.53. The molecule has 1 aromatic carbocycles. The first-order chi connectivity index (χ1) is 11.1. The maximum Gasteiger partial charge on any atom is 0.259 e. The predicted octanol–water partition coefficient (Wildman–Crippen LogP) is 2.82. The van der Waals surface area contributed by atoms with Crippen LogP contribution in [0.3, 0.4) is 0 Å². The molecule has 23 heavy (non-hydrogen) atoms. The van der Waals surface area contributed by atoms with Gasteiger partial charge in [-0.05, 0) is 36.8 Å². The number of methoxy groups -OCH3 is 1. The fourth-order valence-corrected chi connectivity index (χ4v) is 2.33. The number of hydrogen-bond acceptors (Lipinski definition) is 4. The van der Waals surface area contributed by atoms with Crippen LogP contribution in [-0.2, 0) is 6.54 Å². The molecule has 0 unspecified atom stereocenters. The van der Waals surface area contributed by atoms with Crippen LogP contribution in [0.5, 0.6) is 5.88 Å². The van der Waals surface area contributed by atoms with Crippen molar-refractivity contribution in [3.8, 4) is 5.88 Å². The van der Waals surface area contributed by atoms with Gasteiger partial charge in [-0.2, -0.15) is 0 Å². The van der Waals surface area contributed by atoms with Crippen LogP contribution in [0.15, 0.2) is 42.6 Å². The standard InChI is InChI=1S/C18H23N3O2/c1-5-21(13-14-8-10-15(11-9-14)20(2)3)18(22)16-7-6-12-19-17(16)23-4/h6-12H,5,13H2,1-4H3. The van der Waals surface area contributed by atoms with Gasteiger partial charge in [0.25, 0.3) is 5.91 Å². The number of benzene rings is 1. The van der Waals surface area contributed by atoms with Crippen LogP contribution in [0.1, 0.15) is 22.8 Å². The van der Waals surface area contributed by atoms with E-state index in [4.69, 9.17) is 4.74 Å². The van der Waals surface area contributed by atoms with Crippen LogP contribution < -0.4 is 9.64 Å². The summed E-state index contributed by atoms with van der Waals surface area (Å²) < 4.78 is 5.19. The van der Waals surface area contributed by atoms with E-state index in [1.54, 1.807) is 23.2 Å². The van der Waals surface area contributed by atoms with Gasteiger partial charge in [-0.1, -0.05) is 12.1 Å². The van der Waals surface area contributed by atoms with E-state index in [1.165, 1.54) is 7.11 Å². The lowest BCUT2D eigenvalue weighted by atomic mass is 10.1. The van der Waals surface area contributed by atoms with Crippen LogP contribution in [-0.4, -0.2) is 43.5 Å². The van der Waals surface area contributed by atoms with Gasteiger partial charge in [0.1, 0.15) is 5.56 Å². The number of anilines is 1. The van der Waals surface area contributed by atoms with Crippen molar-refractivity contribution in [2.24, 2.45) is 0 Å². The Balaban J connectivity index is 2.17. The minimum absolute atomic E-state index is 0.0749. The molecule has 1 heterocycles. The fraction of sp³-hybridized carbons (Fsp3) is 0.333. The van der Waals surface area contributed by atoms with E-state index in [0.29, 0.717) is 24.5 Å². The summed E-state index contributed by atoms with van der Waals surface area (Å²) in [5.74, 6) is 0.285. The lowest BCUT2D eigenvalue weighted by Gasteiger charge is -2.22. The maximum atomic E-state index is 12.7. The van der Waals surface area contributed by atoms with Crippen LogP contribution in [0.25, 0.3) is 0 Å². The molecule has 2 rings (SSSR count). The molecule has 122 valence electrons. The zero-order valence-corrected chi connectivity index (χ0v) is 14.1. The second-order valence-corrected chi connectivity index (χ2v) is 5.44. The number of carbonyl (C=O) groups excluding carboxylic acids is 1. The predicted molar refractivity (Wildman–Crippen MR) is 92.0 cm³/mol. The Bertz CT molecular complexity index is 654. The number of pyridine rings is 1. The summed E-state index contributed by atoms with van der Waals surface area (Å²) >= 11 is 0. The molecule has 0 atom stereocenters. The minimum Gasteiger partial charge on any atom is -0.480 e. The van der Waals surface area contributed by atoms with Crippen LogP contribution >= 0.6 is 0 Å². The number of rotatable bonds is 6. The Kier molecular flexibility index (Phi) is 5.57. The largest absolute Gasteiger partial charge is 0.480 e. The number of aromatic nitrogens is 1. The number of amides is 1. The highest BCUT2D eigenvalue weighted by atomic mass is 16.5. The zero-order chi connectivity index (χ0) is 16.8. The molecule has 0 saturated heterocycles. The van der Waals surface area contributed by atoms with E-state index < -0.39 is 0 Å². The molecular weight excluding hydrogens is 290 g/mol. The van der Waals surface area contributed by atoms with E-state index in [2.05, 4.69) is 17.1 Å². The zero-order valence-electron chi connectivity index (χ0n) is 14.1. The Hall–Kier alpha value is -2.56. The topological polar surface area (TPSA) is 45.7 Å². The summed E-state index contributed by atoms with van der Waals surface area (Å²) in [4.78, 5) is 20.7. The summed E-state index contributed by atoms with van der Waals surface area (Å²) in [5.41, 5.74) is 2.72. The summed E-state index contributed by atoms with van der Waals surface area (Å²) in [6, 6.07) is 11.7. The maximum absolute atomic E-state index is 12.7. The van der Waals surface area contributed by atoms with Gasteiger partial charge in [-0.15, -0.1) is 0 Å². The lowest BCUT2D eigenvalue weighted by molar-refractivity contribution is 0.0748. The van der Waals surface area contributed by atoms with Gasteiger partial charge in [-0.3, -0.25) is 4.79 Å². The Morgan fingerprint density at radius 3 is 2.43 bits per heavy atom. The fourth-order valence-electron chi connectivity index (χ4n) is 2.33. The van der Waals surface area contributed by atoms with Gasteiger partial charge < -0.3 is 14.5 Å². The molecule has 5 nitrogen and oxygen atoms in total. The van der Waals surface area contributed by atoms with Crippen LogP contribution in [0, 0.1) is 0 Å². The third-order valence-corrected chi connectivity index (χ3v) is 3.69. The highest BCUT2D eigenvalue weighted by Crippen LogP contribution is 2.19. The second-order valence-electron chi connectivity index (χ2n) is 5.44. The van der Waals surface area contributed by atoms with Crippen molar-refractivity contribution in [2.75, 3.05) is 32.6 Å². The molecule has 0 N–H and O–H groups in total. The smallest absolute Gasteiger partial charge is 0.259 e. The number of ether oxygens (including phenoxy) is 1. The quantitative estimate of drug-likeness (QED) is 0.823. The normalized spacial score (nSPS) is 10.3. The molecule has 5 heteroatoms. The highest BCUT2D eigenvalue weighted by Gasteiger charge is 2.19. The molecule has 0 bridgehead atoms. The van der Waals surface area contributed by atoms with Crippen molar-refractivity contribution in [1.82, 2.24) is 9.88 Å². The van der Waals surface area contributed by atoms with Crippen LogP contribution in [0.4, 0.5) is 5.69 Å². The molecule has 0 aliphatic rings. The second kappa shape index (κ2) is 7.63. The third kappa shape index (κ3) is 4.00. The molecule has 0 radical (unpaired) electrons. The summed E-state index contributed by atoms with van der Waals surface area (Å²) in [5, 5.41) is 0. The van der Waals surface area contributed by atoms with Crippen molar-refractivity contribution in [2.45, 2.75) is 13.5 Å². The molecule has 0 saturated carbocycles. The monoisotopic (exact) mass is 313 g/mol. The van der Waals surface area contributed by atoms with E-state index in [-0.39, 0.29) is 5.91 Å². The first-order valence-corrected chi connectivity index (χ1v) is 7.61. The minimum atomic E-state index is -0.0749. The van der Waals surface area contributed by atoms with Crippen molar-refractivity contribution in [1.29, 1.82) is 0 Å². The van der Waals surface area contributed by atoms with Gasteiger partial charge in [0.15, 0.2) is 0 Å². The van der Waals surface area contributed by atoms with E-state index in [0.717, 1.165) is 11.3 Å².